The highest BCUT2D eigenvalue weighted by molar-refractivity contribution is 5.70. The zero-order valence-electron chi connectivity index (χ0n) is 10.1. The lowest BCUT2D eigenvalue weighted by atomic mass is 10.4. The Labute approximate surface area is 118 Å². The van der Waals surface area contributed by atoms with Gasteiger partial charge >= 0.3 is 24.6 Å². The molecule has 0 unspecified atom stereocenters. The van der Waals surface area contributed by atoms with E-state index in [1.165, 1.54) is 0 Å². The Bertz CT molecular complexity index is 531. The largest absolute Gasteiger partial charge is 0.512 e. The maximum Gasteiger partial charge on any atom is 0.512 e. The number of pyridine rings is 1. The molecule has 0 spiro atoms. The van der Waals surface area contributed by atoms with Crippen molar-refractivity contribution in [3.05, 3.63) is 6.07 Å². The fourth-order valence-electron chi connectivity index (χ4n) is 1.09. The minimum absolute atomic E-state index is 0.506. The molecule has 4 N–H and O–H groups in total. The molecule has 0 aliphatic carbocycles. The summed E-state index contributed by atoms with van der Waals surface area (Å²) in [6, 6.07) is 0.506. The van der Waals surface area contributed by atoms with Crippen LogP contribution in [-0.4, -0.2) is 50.0 Å². The van der Waals surface area contributed by atoms with E-state index in [-0.39, 0.29) is 0 Å². The highest BCUT2D eigenvalue weighted by atomic mass is 16.7. The van der Waals surface area contributed by atoms with E-state index < -0.39 is 47.9 Å². The zero-order chi connectivity index (χ0) is 16.9. The number of hydrogen-bond donors (Lipinski definition) is 4. The first kappa shape index (κ1) is 16.3. The minimum Gasteiger partial charge on any atom is -0.449 e. The Balaban J connectivity index is 3.39. The van der Waals surface area contributed by atoms with Crippen molar-refractivity contribution in [2.75, 3.05) is 0 Å². The van der Waals surface area contributed by atoms with Crippen LogP contribution in [0.1, 0.15) is 0 Å². The molecular weight excluding hydrogens is 314 g/mol. The number of ether oxygens (including phenoxy) is 4. The molecule has 13 nitrogen and oxygen atoms in total. The van der Waals surface area contributed by atoms with Gasteiger partial charge in [0.15, 0.2) is 0 Å². The van der Waals surface area contributed by atoms with Gasteiger partial charge in [0.1, 0.15) is 0 Å². The molecule has 0 aromatic carbocycles. The topological polar surface area (TPSA) is 199 Å². The molecule has 0 fully saturated rings. The van der Waals surface area contributed by atoms with Crippen molar-refractivity contribution in [2.45, 2.75) is 0 Å². The third-order valence-electron chi connectivity index (χ3n) is 1.65. The molecule has 1 aromatic heterocycles. The third-order valence-corrected chi connectivity index (χ3v) is 1.65. The van der Waals surface area contributed by atoms with Crippen LogP contribution in [0, 0.1) is 0 Å². The number of carbonyl (C=O) groups is 4. The second-order valence-electron chi connectivity index (χ2n) is 3.07. The molecule has 22 heavy (non-hydrogen) atoms. The van der Waals surface area contributed by atoms with Crippen LogP contribution in [0.15, 0.2) is 6.07 Å². The Morgan fingerprint density at radius 2 is 1.00 bits per heavy atom. The molecule has 0 aliphatic heterocycles. The molecule has 0 bridgehead atoms. The summed E-state index contributed by atoms with van der Waals surface area (Å²) in [7, 11) is 0. The molecule has 0 radical (unpaired) electrons. The van der Waals surface area contributed by atoms with E-state index in [0.29, 0.717) is 6.07 Å². The third kappa shape index (κ3) is 4.72. The van der Waals surface area contributed by atoms with Gasteiger partial charge in [-0.1, -0.05) is 0 Å². The average Bonchev–Trinajstić information content (AvgIpc) is 2.31. The Morgan fingerprint density at radius 3 is 1.27 bits per heavy atom. The van der Waals surface area contributed by atoms with E-state index >= 15 is 0 Å². The van der Waals surface area contributed by atoms with Gasteiger partial charge in [0.2, 0.25) is 11.5 Å². The summed E-state index contributed by atoms with van der Waals surface area (Å²) in [4.78, 5) is 45.0. The molecule has 1 aromatic rings. The van der Waals surface area contributed by atoms with Crippen molar-refractivity contribution < 1.29 is 58.6 Å². The molecule has 0 amide bonds. The van der Waals surface area contributed by atoms with E-state index in [1.54, 1.807) is 0 Å². The number of aromatic nitrogens is 1. The quantitative estimate of drug-likeness (QED) is 0.579. The summed E-state index contributed by atoms with van der Waals surface area (Å²) in [5, 5.41) is 33.9. The zero-order valence-corrected chi connectivity index (χ0v) is 10.1. The smallest absolute Gasteiger partial charge is 0.449 e. The molecule has 0 atom stereocenters. The van der Waals surface area contributed by atoms with Crippen LogP contribution < -0.4 is 18.9 Å². The lowest BCUT2D eigenvalue weighted by Crippen LogP contribution is -2.14. The summed E-state index contributed by atoms with van der Waals surface area (Å²) >= 11 is 0. The lowest BCUT2D eigenvalue weighted by molar-refractivity contribution is 0.124. The van der Waals surface area contributed by atoms with Crippen LogP contribution in [0.2, 0.25) is 0 Å². The van der Waals surface area contributed by atoms with Crippen molar-refractivity contribution in [1.29, 1.82) is 0 Å². The second-order valence-corrected chi connectivity index (χ2v) is 3.07. The SMILES string of the molecule is O=C(O)Oc1cc(OC(=O)O)c(OC(=O)O)nc1OC(=O)O. The van der Waals surface area contributed by atoms with Gasteiger partial charge in [0.05, 0.1) is 0 Å². The number of nitrogens with zero attached hydrogens (tertiary/aromatic N) is 1. The average molecular weight is 319 g/mol. The molecule has 1 rings (SSSR count). The first-order valence-corrected chi connectivity index (χ1v) is 4.87. The summed E-state index contributed by atoms with van der Waals surface area (Å²) in [5.41, 5.74) is 0. The fraction of sp³-hybridized carbons (Fsp3) is 0. The van der Waals surface area contributed by atoms with E-state index in [1.807, 2.05) is 0 Å². The van der Waals surface area contributed by atoms with E-state index in [4.69, 9.17) is 20.4 Å². The molecule has 13 heteroatoms. The maximum atomic E-state index is 10.5. The van der Waals surface area contributed by atoms with Gasteiger partial charge in [-0.25, -0.2) is 19.2 Å². The highest BCUT2D eigenvalue weighted by Crippen LogP contribution is 2.36. The van der Waals surface area contributed by atoms with Crippen molar-refractivity contribution in [3.63, 3.8) is 0 Å². The van der Waals surface area contributed by atoms with Crippen molar-refractivity contribution in [2.24, 2.45) is 0 Å². The summed E-state index contributed by atoms with van der Waals surface area (Å²) in [6.07, 6.45) is -7.69. The van der Waals surface area contributed by atoms with Gasteiger partial charge in [0.25, 0.3) is 11.8 Å². The van der Waals surface area contributed by atoms with Crippen LogP contribution in [0.3, 0.4) is 0 Å². The maximum absolute atomic E-state index is 10.5. The van der Waals surface area contributed by atoms with Gasteiger partial charge < -0.3 is 39.4 Å². The van der Waals surface area contributed by atoms with Gasteiger partial charge in [-0.15, -0.1) is 0 Å². The van der Waals surface area contributed by atoms with Crippen LogP contribution in [-0.2, 0) is 0 Å². The predicted molar refractivity (Wildman–Crippen MR) is 58.8 cm³/mol. The van der Waals surface area contributed by atoms with Crippen molar-refractivity contribution in [1.82, 2.24) is 4.98 Å². The molecule has 1 heterocycles. The highest BCUT2D eigenvalue weighted by Gasteiger charge is 2.23. The Hall–Kier alpha value is -3.77. The number of rotatable bonds is 4. The molecule has 0 aliphatic rings. The van der Waals surface area contributed by atoms with Crippen LogP contribution in [0.5, 0.6) is 23.3 Å². The Morgan fingerprint density at radius 1 is 0.682 bits per heavy atom. The van der Waals surface area contributed by atoms with Gasteiger partial charge in [0, 0.05) is 6.07 Å². The summed E-state index contributed by atoms with van der Waals surface area (Å²) < 4.78 is 16.4. The van der Waals surface area contributed by atoms with Gasteiger partial charge in [-0.2, -0.15) is 4.98 Å². The predicted octanol–water partition coefficient (Wildman–Crippen LogP) is 1.31. The van der Waals surface area contributed by atoms with Crippen LogP contribution >= 0.6 is 0 Å². The first-order chi connectivity index (χ1) is 10.2. The lowest BCUT2D eigenvalue weighted by Gasteiger charge is -2.10. The normalized spacial score (nSPS) is 9.45. The Kier molecular flexibility index (Phi) is 4.88. The second kappa shape index (κ2) is 6.60. The summed E-state index contributed by atoms with van der Waals surface area (Å²) in [6.45, 7) is 0. The fourth-order valence-corrected chi connectivity index (χ4v) is 1.09. The minimum atomic E-state index is -1.93. The molecule has 0 saturated carbocycles. The first-order valence-electron chi connectivity index (χ1n) is 4.87. The molecule has 0 saturated heterocycles. The van der Waals surface area contributed by atoms with Crippen molar-refractivity contribution in [3.8, 4) is 23.3 Å². The standard InChI is InChI=1S/C9H5NO12/c11-6(12)19-2-1-3(20-7(13)14)5(22-9(17)18)10-4(2)21-8(15)16/h1H,(H,11,12)(H,13,14)(H,15,16)(H,17,18). The molecule has 118 valence electrons. The van der Waals surface area contributed by atoms with Gasteiger partial charge in [-0.3, -0.25) is 0 Å². The van der Waals surface area contributed by atoms with E-state index in [9.17, 15) is 19.2 Å². The van der Waals surface area contributed by atoms with Crippen LogP contribution in [0.4, 0.5) is 19.2 Å². The summed E-state index contributed by atoms with van der Waals surface area (Å²) in [5.74, 6) is -3.76. The van der Waals surface area contributed by atoms with Crippen LogP contribution in [0.25, 0.3) is 0 Å². The number of carboxylic acid groups (broad SMARTS) is 4. The molecular formula is C9H5NO12. The number of hydrogen-bond acceptors (Lipinski definition) is 9. The monoisotopic (exact) mass is 319 g/mol. The van der Waals surface area contributed by atoms with Gasteiger partial charge in [-0.05, 0) is 0 Å². The van der Waals surface area contributed by atoms with Crippen molar-refractivity contribution >= 4 is 24.6 Å². The van der Waals surface area contributed by atoms with E-state index in [0.717, 1.165) is 0 Å². The van der Waals surface area contributed by atoms with E-state index in [2.05, 4.69) is 23.9 Å².